The van der Waals surface area contributed by atoms with E-state index in [0.29, 0.717) is 54.0 Å². The van der Waals surface area contributed by atoms with Crippen LogP contribution in [0, 0.1) is 0 Å². The van der Waals surface area contributed by atoms with E-state index in [0.717, 1.165) is 38.5 Å². The molecule has 3 amide bonds. The number of carbonyl (C=O) groups excluding carboxylic acids is 3. The highest BCUT2D eigenvalue weighted by Crippen LogP contribution is 2.55. The first-order valence-corrected chi connectivity index (χ1v) is 20.9. The monoisotopic (exact) mass is 752 g/mol. The zero-order valence-corrected chi connectivity index (χ0v) is 30.9. The second-order valence-corrected chi connectivity index (χ2v) is 18.2. The van der Waals surface area contributed by atoms with Crippen molar-refractivity contribution in [3.05, 3.63) is 70.6 Å². The maximum atomic E-state index is 14.7. The summed E-state index contributed by atoms with van der Waals surface area (Å²) in [7, 11) is -2.88. The number of fused-ring (bicyclic) bond motifs is 2. The van der Waals surface area contributed by atoms with Crippen LogP contribution >= 0.6 is 18.9 Å². The number of alkyl halides is 1. The molecule has 0 bridgehead atoms. The highest BCUT2D eigenvalue weighted by Gasteiger charge is 2.58. The van der Waals surface area contributed by atoms with E-state index in [-0.39, 0.29) is 47.0 Å². The molecule has 5 fully saturated rings. The molecule has 3 N–H and O–H groups in total. The number of hydrogen-bond donors (Lipinski definition) is 3. The number of nitrogens with zero attached hydrogens (tertiary/aromatic N) is 3. The normalized spacial score (nSPS) is 29.4. The van der Waals surface area contributed by atoms with Gasteiger partial charge in [-0.3, -0.25) is 23.8 Å². The Morgan fingerprint density at radius 1 is 1.06 bits per heavy atom. The van der Waals surface area contributed by atoms with Crippen molar-refractivity contribution < 1.29 is 37.9 Å². The molecule has 11 nitrogen and oxygen atoms in total. The zero-order valence-electron chi connectivity index (χ0n) is 29.2. The summed E-state index contributed by atoms with van der Waals surface area (Å²) in [6.45, 7) is 2.02. The second kappa shape index (κ2) is 13.9. The van der Waals surface area contributed by atoms with Gasteiger partial charge in [0.05, 0.1) is 11.5 Å². The Labute approximate surface area is 306 Å². The van der Waals surface area contributed by atoms with Gasteiger partial charge in [-0.05, 0) is 99.5 Å². The predicted octanol–water partition coefficient (Wildman–Crippen LogP) is 5.33. The van der Waals surface area contributed by atoms with Crippen LogP contribution in [0.25, 0.3) is 10.1 Å². The number of carbonyl (C=O) groups is 3. The van der Waals surface area contributed by atoms with Gasteiger partial charge in [-0.25, -0.2) is 4.39 Å². The molecule has 278 valence electrons. The molecule has 52 heavy (non-hydrogen) atoms. The Morgan fingerprint density at radius 2 is 1.85 bits per heavy atom. The molecule has 1 aliphatic carbocycles. The fourth-order valence-corrected chi connectivity index (χ4v) is 10.8. The zero-order chi connectivity index (χ0) is 36.4. The number of benzene rings is 2. The summed E-state index contributed by atoms with van der Waals surface area (Å²) in [5, 5.41) is 3.50. The van der Waals surface area contributed by atoms with Crippen molar-refractivity contribution in [3.63, 3.8) is 0 Å². The van der Waals surface area contributed by atoms with E-state index in [4.69, 9.17) is 4.74 Å². The van der Waals surface area contributed by atoms with E-state index in [2.05, 4.69) is 34.3 Å². The van der Waals surface area contributed by atoms with E-state index in [9.17, 15) is 33.1 Å². The van der Waals surface area contributed by atoms with Gasteiger partial charge in [0.25, 0.3) is 5.91 Å². The number of likely N-dealkylation sites (tertiary alicyclic amines) is 1. The van der Waals surface area contributed by atoms with Crippen LogP contribution < -0.4 is 5.32 Å². The van der Waals surface area contributed by atoms with Crippen LogP contribution in [0.1, 0.15) is 90.4 Å². The third-order valence-corrected chi connectivity index (χ3v) is 14.3. The van der Waals surface area contributed by atoms with E-state index >= 15 is 0 Å². The first-order chi connectivity index (χ1) is 24.9. The van der Waals surface area contributed by atoms with Crippen molar-refractivity contribution in [1.82, 2.24) is 20.0 Å². The van der Waals surface area contributed by atoms with Gasteiger partial charge in [0.1, 0.15) is 12.1 Å². The highest BCUT2D eigenvalue weighted by atomic mass is 32.1. The van der Waals surface area contributed by atoms with Gasteiger partial charge in [0.15, 0.2) is 0 Å². The van der Waals surface area contributed by atoms with E-state index in [1.165, 1.54) is 29.0 Å². The van der Waals surface area contributed by atoms with Crippen LogP contribution in [0.2, 0.25) is 0 Å². The van der Waals surface area contributed by atoms with Crippen LogP contribution in [0.15, 0.2) is 54.6 Å². The number of thiophene rings is 1. The third kappa shape index (κ3) is 6.73. The maximum Gasteiger partial charge on any atom is 0.363 e. The molecule has 14 heteroatoms. The minimum absolute atomic E-state index is 0.0216. The highest BCUT2D eigenvalue weighted by molar-refractivity contribution is 7.51. The SMILES string of the molecule is CN([C@@H]1CCOC1)[C@H]1CC[C@H](NC(=O)c2cc3cc([C@H](F)P(=O)(O)O)ccc3s2)C(=O)N2[C@H](CC[C@H]2C(=O)N2C[C@H](c3ccccc3)CC23CC3)C1. The Balaban J connectivity index is 1.05. The van der Waals surface area contributed by atoms with Gasteiger partial charge < -0.3 is 29.6 Å². The number of likely N-dealkylation sites (N-methyl/N-ethyl adjacent to an activating group) is 1. The van der Waals surface area contributed by atoms with Crippen molar-refractivity contribution >= 4 is 46.7 Å². The first kappa shape index (κ1) is 35.8. The topological polar surface area (TPSA) is 140 Å². The molecule has 1 spiro atoms. The molecular formula is C38H46FN4O7PS. The Kier molecular flexibility index (Phi) is 9.58. The summed E-state index contributed by atoms with van der Waals surface area (Å²) in [5.74, 6) is -2.87. The minimum Gasteiger partial charge on any atom is -0.380 e. The lowest BCUT2D eigenvalue weighted by atomic mass is 9.92. The van der Waals surface area contributed by atoms with Crippen LogP contribution in [-0.2, 0) is 18.9 Å². The molecule has 0 unspecified atom stereocenters. The summed E-state index contributed by atoms with van der Waals surface area (Å²) in [6, 6.07) is 15.0. The lowest BCUT2D eigenvalue weighted by molar-refractivity contribution is -0.148. The molecule has 8 rings (SSSR count). The number of amides is 3. The summed E-state index contributed by atoms with van der Waals surface area (Å²) >= 11 is 1.17. The molecule has 5 aliphatic rings. The molecule has 4 aliphatic heterocycles. The molecule has 4 saturated heterocycles. The van der Waals surface area contributed by atoms with Crippen molar-refractivity contribution in [2.45, 2.75) is 105 Å². The van der Waals surface area contributed by atoms with E-state index in [1.807, 2.05) is 23.1 Å². The summed E-state index contributed by atoms with van der Waals surface area (Å²) < 4.78 is 32.4. The van der Waals surface area contributed by atoms with Crippen molar-refractivity contribution in [1.29, 1.82) is 0 Å². The van der Waals surface area contributed by atoms with E-state index in [1.54, 1.807) is 12.1 Å². The molecular weight excluding hydrogens is 706 g/mol. The fraction of sp³-hybridized carbons (Fsp3) is 0.553. The van der Waals surface area contributed by atoms with Gasteiger partial charge in [0.2, 0.25) is 17.7 Å². The quantitative estimate of drug-likeness (QED) is 0.263. The van der Waals surface area contributed by atoms with Gasteiger partial charge in [-0.15, -0.1) is 11.3 Å². The second-order valence-electron chi connectivity index (χ2n) is 15.5. The van der Waals surface area contributed by atoms with Gasteiger partial charge in [-0.2, -0.15) is 0 Å². The smallest absolute Gasteiger partial charge is 0.363 e. The minimum atomic E-state index is -5.00. The number of ether oxygens (including phenoxy) is 1. The van der Waals surface area contributed by atoms with Gasteiger partial charge in [0, 0.05) is 47.4 Å². The number of nitrogens with one attached hydrogen (secondary N) is 1. The molecule has 0 radical (unpaired) electrons. The van der Waals surface area contributed by atoms with Crippen LogP contribution in [0.5, 0.6) is 0 Å². The summed E-state index contributed by atoms with van der Waals surface area (Å²) in [6.07, 6.45) is 6.98. The van der Waals surface area contributed by atoms with Crippen LogP contribution in [-0.4, -0.2) is 105 Å². The molecule has 5 heterocycles. The Hall–Kier alpha value is -3.19. The Morgan fingerprint density at radius 3 is 2.56 bits per heavy atom. The summed E-state index contributed by atoms with van der Waals surface area (Å²) in [4.78, 5) is 68.4. The number of halogens is 1. The maximum absolute atomic E-state index is 14.7. The average Bonchev–Trinajstić information content (AvgIpc) is 3.60. The van der Waals surface area contributed by atoms with Crippen LogP contribution in [0.3, 0.4) is 0 Å². The predicted molar refractivity (Wildman–Crippen MR) is 195 cm³/mol. The van der Waals surface area contributed by atoms with Crippen molar-refractivity contribution in [3.8, 4) is 0 Å². The first-order valence-electron chi connectivity index (χ1n) is 18.4. The van der Waals surface area contributed by atoms with Crippen LogP contribution in [0.4, 0.5) is 4.39 Å². The number of hydrogen-bond acceptors (Lipinski definition) is 7. The lowest BCUT2D eigenvalue weighted by Gasteiger charge is -2.42. The fourth-order valence-electron chi connectivity index (χ4n) is 9.29. The molecule has 7 atom stereocenters. The van der Waals surface area contributed by atoms with Gasteiger partial charge >= 0.3 is 7.60 Å². The molecule has 1 saturated carbocycles. The number of rotatable bonds is 8. The van der Waals surface area contributed by atoms with Crippen molar-refractivity contribution in [2.75, 3.05) is 26.8 Å². The molecule has 2 aromatic carbocycles. The largest absolute Gasteiger partial charge is 0.380 e. The average molecular weight is 753 g/mol. The standard InChI is InChI=1S/C38H46FN4O7PS/c1-41(29-13-16-50-22-29)27-8-10-30(40-35(44)33-18-25-17-24(7-12-32(25)52-33)34(39)51(47,48)49)36(45)43-28(19-27)9-11-31(43)37(46)42-21-26(20-38(42)14-15-38)23-5-3-2-4-6-23/h2-7,12,17-18,26-31,34H,8-11,13-16,19-22H2,1H3,(H,40,44)(H2,47,48,49)/t26-,27+,28-,29-,30+,31+,34-/m1/s1. The Bertz CT molecular complexity index is 1900. The lowest BCUT2D eigenvalue weighted by Crippen LogP contribution is -2.59. The molecule has 1 aromatic heterocycles. The van der Waals surface area contributed by atoms with E-state index < -0.39 is 31.5 Å². The van der Waals surface area contributed by atoms with Crippen molar-refractivity contribution in [2.24, 2.45) is 0 Å². The molecule has 3 aromatic rings. The van der Waals surface area contributed by atoms with Gasteiger partial charge in [-0.1, -0.05) is 36.4 Å². The summed E-state index contributed by atoms with van der Waals surface area (Å²) in [5.41, 5.74) is 0.930. The third-order valence-electron chi connectivity index (χ3n) is 12.3.